The molecule has 0 aliphatic heterocycles. The predicted octanol–water partition coefficient (Wildman–Crippen LogP) is 2.75. The molecule has 0 atom stereocenters. The van der Waals surface area contributed by atoms with Crippen LogP contribution in [0.3, 0.4) is 0 Å². The van der Waals surface area contributed by atoms with Gasteiger partial charge in [-0.3, -0.25) is 9.59 Å². The second-order valence-electron chi connectivity index (χ2n) is 4.31. The summed E-state index contributed by atoms with van der Waals surface area (Å²) < 4.78 is 0. The highest BCUT2D eigenvalue weighted by Gasteiger charge is 2.06. The van der Waals surface area contributed by atoms with Crippen LogP contribution in [0.25, 0.3) is 10.6 Å². The molecule has 3 aromatic rings. The second-order valence-corrected chi connectivity index (χ2v) is 5.20. The molecule has 2 N–H and O–H groups in total. The minimum atomic E-state index is -0.270. The first-order valence-corrected chi connectivity index (χ1v) is 7.10. The van der Waals surface area contributed by atoms with E-state index in [1.807, 2.05) is 29.6 Å². The first-order valence-electron chi connectivity index (χ1n) is 6.22. The lowest BCUT2D eigenvalue weighted by Gasteiger charge is -2.05. The number of aromatic amines is 1. The number of amides is 1. The topological polar surface area (TPSA) is 74.8 Å². The van der Waals surface area contributed by atoms with Crippen molar-refractivity contribution in [2.45, 2.75) is 0 Å². The number of hydrogen-bond donors (Lipinski definition) is 2. The highest BCUT2D eigenvalue weighted by molar-refractivity contribution is 7.13. The van der Waals surface area contributed by atoms with Gasteiger partial charge in [0.1, 0.15) is 5.01 Å². The molecule has 0 radical (unpaired) electrons. The number of nitrogens with zero attached hydrogens (tertiary/aromatic N) is 1. The number of hydrogen-bond acceptors (Lipinski definition) is 4. The van der Waals surface area contributed by atoms with Gasteiger partial charge in [0.2, 0.25) is 5.56 Å². The molecule has 0 bridgehead atoms. The van der Waals surface area contributed by atoms with Crippen molar-refractivity contribution in [3.05, 3.63) is 70.1 Å². The third-order valence-corrected chi connectivity index (χ3v) is 3.69. The van der Waals surface area contributed by atoms with Crippen LogP contribution in [0.5, 0.6) is 0 Å². The van der Waals surface area contributed by atoms with Gasteiger partial charge >= 0.3 is 0 Å². The molecule has 0 saturated heterocycles. The van der Waals surface area contributed by atoms with Gasteiger partial charge in [-0.25, -0.2) is 4.98 Å². The Hall–Kier alpha value is -2.73. The molecular weight excluding hydrogens is 286 g/mol. The number of pyridine rings is 1. The van der Waals surface area contributed by atoms with Crippen LogP contribution >= 0.6 is 11.3 Å². The van der Waals surface area contributed by atoms with Gasteiger partial charge in [-0.1, -0.05) is 0 Å². The minimum Gasteiger partial charge on any atom is -0.328 e. The third kappa shape index (κ3) is 3.06. The second kappa shape index (κ2) is 5.72. The molecule has 1 amide bonds. The lowest BCUT2D eigenvalue weighted by atomic mass is 10.2. The van der Waals surface area contributed by atoms with Crippen LogP contribution in [-0.4, -0.2) is 15.9 Å². The number of carbonyl (C=O) groups is 1. The molecule has 2 aromatic heterocycles. The standard InChI is InChI=1S/C15H11N3O2S/c19-13-6-3-11(9-17-13)14(20)18-12-4-1-10(2-5-12)15-16-7-8-21-15/h1-9H,(H,17,19)(H,18,20). The van der Waals surface area contributed by atoms with E-state index in [0.717, 1.165) is 10.6 Å². The van der Waals surface area contributed by atoms with Crippen molar-refractivity contribution in [1.82, 2.24) is 9.97 Å². The third-order valence-electron chi connectivity index (χ3n) is 2.87. The van der Waals surface area contributed by atoms with Crippen molar-refractivity contribution in [2.24, 2.45) is 0 Å². The van der Waals surface area contributed by atoms with E-state index in [1.165, 1.54) is 18.3 Å². The molecule has 104 valence electrons. The van der Waals surface area contributed by atoms with Gasteiger partial charge in [0.05, 0.1) is 5.56 Å². The van der Waals surface area contributed by atoms with Crippen LogP contribution in [0.2, 0.25) is 0 Å². The monoisotopic (exact) mass is 297 g/mol. The first-order chi connectivity index (χ1) is 10.2. The Morgan fingerprint density at radius 2 is 1.95 bits per heavy atom. The highest BCUT2D eigenvalue weighted by atomic mass is 32.1. The number of anilines is 1. The van der Waals surface area contributed by atoms with Gasteiger partial charge < -0.3 is 10.3 Å². The minimum absolute atomic E-state index is 0.237. The Labute approximate surface area is 124 Å². The van der Waals surface area contributed by atoms with Crippen molar-refractivity contribution in [3.63, 3.8) is 0 Å². The Morgan fingerprint density at radius 1 is 1.14 bits per heavy atom. The SMILES string of the molecule is O=C(Nc1ccc(-c2nccs2)cc1)c1ccc(=O)[nH]c1. The number of nitrogens with one attached hydrogen (secondary N) is 2. The molecule has 0 aliphatic carbocycles. The Kier molecular flexibility index (Phi) is 3.61. The van der Waals surface area contributed by atoms with E-state index >= 15 is 0 Å². The summed E-state index contributed by atoms with van der Waals surface area (Å²) in [7, 11) is 0. The molecule has 6 heteroatoms. The number of H-pyrrole nitrogens is 1. The zero-order valence-corrected chi connectivity index (χ0v) is 11.7. The lowest BCUT2D eigenvalue weighted by molar-refractivity contribution is 0.102. The van der Waals surface area contributed by atoms with E-state index in [0.29, 0.717) is 11.3 Å². The van der Waals surface area contributed by atoms with Gasteiger partial charge in [0.15, 0.2) is 0 Å². The maximum absolute atomic E-state index is 12.0. The molecule has 2 heterocycles. The van der Waals surface area contributed by atoms with Crippen molar-refractivity contribution in [1.29, 1.82) is 0 Å². The molecule has 3 rings (SSSR count). The van der Waals surface area contributed by atoms with Gasteiger partial charge in [0.25, 0.3) is 5.91 Å². The summed E-state index contributed by atoms with van der Waals surface area (Å²) in [5.41, 5.74) is 1.86. The average Bonchev–Trinajstić information content (AvgIpc) is 3.03. The lowest BCUT2D eigenvalue weighted by Crippen LogP contribution is -2.14. The van der Waals surface area contributed by atoms with E-state index in [9.17, 15) is 9.59 Å². The van der Waals surface area contributed by atoms with Crippen molar-refractivity contribution in [2.75, 3.05) is 5.32 Å². The molecule has 1 aromatic carbocycles. The molecule has 0 spiro atoms. The molecule has 0 saturated carbocycles. The van der Waals surface area contributed by atoms with Crippen molar-refractivity contribution >= 4 is 22.9 Å². The van der Waals surface area contributed by atoms with E-state index in [2.05, 4.69) is 15.3 Å². The van der Waals surface area contributed by atoms with Gasteiger partial charge in [-0.15, -0.1) is 11.3 Å². The molecule has 5 nitrogen and oxygen atoms in total. The fourth-order valence-corrected chi connectivity index (χ4v) is 2.46. The Morgan fingerprint density at radius 3 is 2.57 bits per heavy atom. The fraction of sp³-hybridized carbons (Fsp3) is 0. The van der Waals surface area contributed by atoms with Crippen LogP contribution in [0, 0.1) is 0 Å². The van der Waals surface area contributed by atoms with E-state index in [-0.39, 0.29) is 11.5 Å². The Balaban J connectivity index is 1.74. The highest BCUT2D eigenvalue weighted by Crippen LogP contribution is 2.23. The maximum atomic E-state index is 12.0. The average molecular weight is 297 g/mol. The fourth-order valence-electron chi connectivity index (χ4n) is 1.82. The number of aromatic nitrogens is 2. The smallest absolute Gasteiger partial charge is 0.257 e. The zero-order valence-electron chi connectivity index (χ0n) is 10.9. The van der Waals surface area contributed by atoms with E-state index < -0.39 is 0 Å². The molecule has 0 unspecified atom stereocenters. The molecular formula is C15H11N3O2S. The molecule has 0 fully saturated rings. The predicted molar refractivity (Wildman–Crippen MR) is 82.6 cm³/mol. The summed E-state index contributed by atoms with van der Waals surface area (Å²) in [6.07, 6.45) is 3.15. The maximum Gasteiger partial charge on any atom is 0.257 e. The number of thiazole rings is 1. The van der Waals surface area contributed by atoms with E-state index in [1.54, 1.807) is 17.5 Å². The number of carbonyl (C=O) groups excluding carboxylic acids is 1. The molecule has 21 heavy (non-hydrogen) atoms. The summed E-state index contributed by atoms with van der Waals surface area (Å²) in [5, 5.41) is 5.63. The summed E-state index contributed by atoms with van der Waals surface area (Å²) in [4.78, 5) is 29.7. The molecule has 0 aliphatic rings. The van der Waals surface area contributed by atoms with Crippen molar-refractivity contribution < 1.29 is 4.79 Å². The van der Waals surface area contributed by atoms with Crippen LogP contribution in [-0.2, 0) is 0 Å². The van der Waals surface area contributed by atoms with Crippen molar-refractivity contribution in [3.8, 4) is 10.6 Å². The van der Waals surface area contributed by atoms with Gasteiger partial charge in [-0.2, -0.15) is 0 Å². The summed E-state index contributed by atoms with van der Waals surface area (Å²) in [6.45, 7) is 0. The summed E-state index contributed by atoms with van der Waals surface area (Å²) in [6, 6.07) is 10.3. The number of benzene rings is 1. The van der Waals surface area contributed by atoms with Gasteiger partial charge in [0, 0.05) is 35.1 Å². The summed E-state index contributed by atoms with van der Waals surface area (Å²) >= 11 is 1.56. The van der Waals surface area contributed by atoms with Crippen LogP contribution < -0.4 is 10.9 Å². The Bertz CT molecular complexity index is 787. The zero-order chi connectivity index (χ0) is 14.7. The van der Waals surface area contributed by atoms with Crippen LogP contribution in [0.15, 0.2) is 59.0 Å². The first kappa shape index (κ1) is 13.3. The van der Waals surface area contributed by atoms with Gasteiger partial charge in [-0.05, 0) is 30.3 Å². The van der Waals surface area contributed by atoms with E-state index in [4.69, 9.17) is 0 Å². The van der Waals surface area contributed by atoms with Crippen LogP contribution in [0.4, 0.5) is 5.69 Å². The largest absolute Gasteiger partial charge is 0.328 e. The normalized spacial score (nSPS) is 10.3. The van der Waals surface area contributed by atoms with Crippen LogP contribution in [0.1, 0.15) is 10.4 Å². The number of rotatable bonds is 3. The summed E-state index contributed by atoms with van der Waals surface area (Å²) in [5.74, 6) is -0.270. The quantitative estimate of drug-likeness (QED) is 0.780.